The summed E-state index contributed by atoms with van der Waals surface area (Å²) in [6.45, 7) is 18.9. The zero-order valence-corrected chi connectivity index (χ0v) is 53.9. The lowest BCUT2D eigenvalue weighted by Crippen LogP contribution is -2.18. The van der Waals surface area contributed by atoms with Crippen molar-refractivity contribution in [2.45, 2.75) is 143 Å². The molecule has 0 saturated heterocycles. The number of benzene rings is 12. The van der Waals surface area contributed by atoms with E-state index in [2.05, 4.69) is 281 Å². The number of aromatic nitrogens is 2. The second kappa shape index (κ2) is 21.8. The molecule has 0 saturated carbocycles. The number of nitrogens with zero attached hydrogens (tertiary/aromatic N) is 4. The van der Waals surface area contributed by atoms with Crippen LogP contribution in [0.15, 0.2) is 206 Å². The normalized spacial score (nSPS) is 13.8. The second-order valence-corrected chi connectivity index (χ2v) is 28.2. The molecule has 90 heavy (non-hydrogen) atoms. The topological polar surface area (TPSA) is 16.3 Å². The average Bonchev–Trinajstić information content (AvgIpc) is 1.20. The smallest absolute Gasteiger partial charge is 0.0782 e. The van der Waals surface area contributed by atoms with Gasteiger partial charge in [0.2, 0.25) is 0 Å². The summed E-state index contributed by atoms with van der Waals surface area (Å²) < 4.78 is 5.24. The van der Waals surface area contributed by atoms with E-state index in [4.69, 9.17) is 0 Å². The summed E-state index contributed by atoms with van der Waals surface area (Å²) in [5, 5.41) is 13.1. The maximum Gasteiger partial charge on any atom is 0.0782 e. The van der Waals surface area contributed by atoms with Crippen molar-refractivity contribution in [3.05, 3.63) is 251 Å². The zero-order valence-electron chi connectivity index (χ0n) is 53.9. The van der Waals surface area contributed by atoms with Gasteiger partial charge in [0, 0.05) is 55.1 Å². The van der Waals surface area contributed by atoms with Gasteiger partial charge in [-0.15, -0.1) is 0 Å². The summed E-state index contributed by atoms with van der Waals surface area (Å²) in [6, 6.07) is 80.6. The first-order chi connectivity index (χ1) is 43.9. The van der Waals surface area contributed by atoms with Gasteiger partial charge in [-0.2, -0.15) is 0 Å². The highest BCUT2D eigenvalue weighted by Crippen LogP contribution is 2.55. The number of para-hydroxylation sites is 6. The van der Waals surface area contributed by atoms with E-state index in [1.54, 1.807) is 0 Å². The van der Waals surface area contributed by atoms with Crippen LogP contribution in [0.25, 0.3) is 87.3 Å². The molecule has 2 aromatic heterocycles. The van der Waals surface area contributed by atoms with Crippen molar-refractivity contribution in [2.24, 2.45) is 0 Å². The molecule has 2 heterocycles. The Morgan fingerprint density at radius 2 is 0.700 bits per heavy atom. The zero-order chi connectivity index (χ0) is 61.2. The molecule has 0 N–H and O–H groups in total. The molecule has 2 aliphatic rings. The van der Waals surface area contributed by atoms with Crippen LogP contribution in [0.5, 0.6) is 0 Å². The van der Waals surface area contributed by atoms with Gasteiger partial charge in [-0.3, -0.25) is 0 Å². The molecule has 14 aromatic rings. The van der Waals surface area contributed by atoms with E-state index in [1.807, 2.05) is 0 Å². The van der Waals surface area contributed by atoms with Crippen LogP contribution in [0.2, 0.25) is 0 Å². The third-order valence-electron chi connectivity index (χ3n) is 20.5. The van der Waals surface area contributed by atoms with Crippen LogP contribution in [-0.2, 0) is 49.4 Å². The Balaban J connectivity index is 1.05. The Bertz CT molecular complexity index is 4820. The molecule has 0 spiro atoms. The Morgan fingerprint density at radius 3 is 1.13 bits per heavy atom. The minimum Gasteiger partial charge on any atom is -0.307 e. The molecule has 0 atom stereocenters. The second-order valence-electron chi connectivity index (χ2n) is 28.2. The molecule has 0 unspecified atom stereocenters. The van der Waals surface area contributed by atoms with E-state index < -0.39 is 0 Å². The van der Waals surface area contributed by atoms with E-state index in [9.17, 15) is 0 Å². The first-order valence-corrected chi connectivity index (χ1v) is 33.7. The fourth-order valence-electron chi connectivity index (χ4n) is 16.6. The van der Waals surface area contributed by atoms with Crippen LogP contribution in [0, 0.1) is 0 Å². The molecule has 0 radical (unpaired) electrons. The molecular formula is C86H82N4. The Labute approximate surface area is 531 Å². The predicted molar refractivity (Wildman–Crippen MR) is 387 cm³/mol. The summed E-state index contributed by atoms with van der Waals surface area (Å²) >= 11 is 0. The lowest BCUT2D eigenvalue weighted by atomic mass is 9.85. The number of fused-ring (bicyclic) bond motifs is 8. The van der Waals surface area contributed by atoms with Gasteiger partial charge < -0.3 is 18.9 Å². The molecule has 4 nitrogen and oxygen atoms in total. The minimum atomic E-state index is -0.101. The molecule has 0 amide bonds. The average molecular weight is 1170 g/mol. The van der Waals surface area contributed by atoms with Crippen molar-refractivity contribution in [3.8, 4) is 11.4 Å². The van der Waals surface area contributed by atoms with Gasteiger partial charge in [0.05, 0.1) is 44.8 Å². The van der Waals surface area contributed by atoms with Crippen LogP contribution in [0.3, 0.4) is 0 Å². The molecule has 446 valence electrons. The highest BCUT2D eigenvalue weighted by Gasteiger charge is 2.33. The number of rotatable bonds is 12. The number of anilines is 6. The molecule has 0 fully saturated rings. The molecule has 2 aliphatic carbocycles. The molecule has 4 heteroatoms. The van der Waals surface area contributed by atoms with Gasteiger partial charge in [-0.1, -0.05) is 214 Å². The fourth-order valence-corrected chi connectivity index (χ4v) is 16.6. The first kappa shape index (κ1) is 56.1. The van der Waals surface area contributed by atoms with Crippen molar-refractivity contribution in [1.82, 2.24) is 9.13 Å². The van der Waals surface area contributed by atoms with Gasteiger partial charge in [0.1, 0.15) is 0 Å². The van der Waals surface area contributed by atoms with Crippen molar-refractivity contribution >= 4 is 110 Å². The molecule has 12 aromatic carbocycles. The van der Waals surface area contributed by atoms with Crippen LogP contribution < -0.4 is 9.80 Å². The maximum atomic E-state index is 2.75. The maximum absolute atomic E-state index is 2.75. The Hall–Kier alpha value is -9.12. The quantitative estimate of drug-likeness (QED) is 0.113. The minimum absolute atomic E-state index is 0.101. The molecule has 0 bridgehead atoms. The van der Waals surface area contributed by atoms with E-state index in [0.29, 0.717) is 0 Å². The number of aryl methyl sites for hydroxylation is 4. The van der Waals surface area contributed by atoms with E-state index in [1.165, 1.54) is 192 Å². The third kappa shape index (κ3) is 8.82. The van der Waals surface area contributed by atoms with E-state index >= 15 is 0 Å². The van der Waals surface area contributed by atoms with Crippen molar-refractivity contribution in [3.63, 3.8) is 0 Å². The van der Waals surface area contributed by atoms with Crippen molar-refractivity contribution in [1.29, 1.82) is 0 Å². The molecule has 16 rings (SSSR count). The highest BCUT2D eigenvalue weighted by molar-refractivity contribution is 6.30. The Kier molecular flexibility index (Phi) is 13.6. The lowest BCUT2D eigenvalue weighted by molar-refractivity contribution is 0.587. The molecular weight excluding hydrogens is 1090 g/mol. The summed E-state index contributed by atoms with van der Waals surface area (Å²) in [7, 11) is 0. The van der Waals surface area contributed by atoms with Gasteiger partial charge in [0.25, 0.3) is 0 Å². The number of hydrogen-bond donors (Lipinski definition) is 0. The summed E-state index contributed by atoms with van der Waals surface area (Å²) in [5.74, 6) is 0. The SMILES string of the molecule is CCCc1cc(N(c2cccc3c2CCCC3)c2cccc3c4ccccc4n(-c4ccccc4C(C)(C)C)c23)c2ccc3c(CCC)cc(N(c4cccc5c4CCCC5)c4cccc5c6ccccc6n(-c6ccccc6C(C)(C)C)c45)c4ccc1c2c34. The van der Waals surface area contributed by atoms with E-state index in [0.717, 1.165) is 51.4 Å². The fraction of sp³-hybridized carbons (Fsp3) is 0.256. The van der Waals surface area contributed by atoms with E-state index in [-0.39, 0.29) is 10.8 Å². The first-order valence-electron chi connectivity index (χ1n) is 33.7. The van der Waals surface area contributed by atoms with Crippen LogP contribution >= 0.6 is 0 Å². The van der Waals surface area contributed by atoms with Crippen molar-refractivity contribution < 1.29 is 0 Å². The van der Waals surface area contributed by atoms with Gasteiger partial charge in [-0.25, -0.2) is 0 Å². The lowest BCUT2D eigenvalue weighted by Gasteiger charge is -2.34. The van der Waals surface area contributed by atoms with Gasteiger partial charge in [0.15, 0.2) is 0 Å². The molecule has 0 aliphatic heterocycles. The number of hydrogen-bond acceptors (Lipinski definition) is 2. The van der Waals surface area contributed by atoms with Crippen molar-refractivity contribution in [2.75, 3.05) is 9.80 Å². The summed E-state index contributed by atoms with van der Waals surface area (Å²) in [5.41, 5.74) is 26.0. The largest absolute Gasteiger partial charge is 0.307 e. The third-order valence-corrected chi connectivity index (χ3v) is 20.5. The highest BCUT2D eigenvalue weighted by atomic mass is 15.2. The Morgan fingerprint density at radius 1 is 0.333 bits per heavy atom. The monoisotopic (exact) mass is 1170 g/mol. The van der Waals surface area contributed by atoms with Gasteiger partial charge in [-0.05, 0) is 202 Å². The van der Waals surface area contributed by atoms with Gasteiger partial charge >= 0.3 is 0 Å². The summed E-state index contributed by atoms with van der Waals surface area (Å²) in [4.78, 5) is 5.50. The predicted octanol–water partition coefficient (Wildman–Crippen LogP) is 24.0. The summed E-state index contributed by atoms with van der Waals surface area (Å²) in [6.07, 6.45) is 13.1. The van der Waals surface area contributed by atoms with Crippen LogP contribution in [-0.4, -0.2) is 9.13 Å². The standard InChI is InChI=1S/C86H82N4/c1-9-27-57-53-79(87(71-45-23-31-55-29-11-13-33-59(55)71)77-47-25-37-65-63-35-15-19-41-73(63)89(83(65)77)75-43-21-17-39-69(75)85(3,4)5)67-52-50-62-58(28-10-2)54-80(68-51-49-61(57)81(67)82(62)68)88(72-46-24-32-56-30-12-14-34-60(56)72)78-48-26-38-66-64-36-16-20-42-74(64)90(84(66)78)76-44-22-18-40-70(76)86(6,7)8/h15-26,31-32,35-54H,9-14,27-30,33-34H2,1-8H3. The van der Waals surface area contributed by atoms with Crippen LogP contribution in [0.1, 0.15) is 138 Å². The van der Waals surface area contributed by atoms with Crippen LogP contribution in [0.4, 0.5) is 34.1 Å².